The molecular formula is C20H20FN3O4S. The quantitative estimate of drug-likeness (QED) is 0.515. The Labute approximate surface area is 171 Å². The van der Waals surface area contributed by atoms with Gasteiger partial charge >= 0.3 is 0 Å². The number of methoxy groups -OCH3 is 2. The summed E-state index contributed by atoms with van der Waals surface area (Å²) in [6.45, 7) is 0.554. The number of nitrogens with zero attached hydrogens (tertiary/aromatic N) is 1. The van der Waals surface area contributed by atoms with E-state index in [1.54, 1.807) is 31.7 Å². The Morgan fingerprint density at radius 2 is 1.86 bits per heavy atom. The molecule has 1 heterocycles. The summed E-state index contributed by atoms with van der Waals surface area (Å²) in [6.07, 6.45) is 0. The highest BCUT2D eigenvalue weighted by Gasteiger charge is 2.12. The van der Waals surface area contributed by atoms with Crippen LogP contribution >= 0.6 is 11.3 Å². The number of amides is 1. The monoisotopic (exact) mass is 417 g/mol. The third-order valence-electron chi connectivity index (χ3n) is 3.86. The summed E-state index contributed by atoms with van der Waals surface area (Å²) in [5.74, 6) is 1.18. The number of benzene rings is 2. The number of thiazole rings is 1. The van der Waals surface area contributed by atoms with Gasteiger partial charge in [-0.05, 0) is 36.4 Å². The molecule has 0 atom stereocenters. The molecule has 29 heavy (non-hydrogen) atoms. The maximum Gasteiger partial charge on any atom is 0.270 e. The number of ether oxygens (including phenoxy) is 3. The Bertz CT molecular complexity index is 963. The van der Waals surface area contributed by atoms with Crippen molar-refractivity contribution in [3.05, 3.63) is 59.4 Å². The number of nitrogens with one attached hydrogen (secondary N) is 2. The van der Waals surface area contributed by atoms with E-state index in [2.05, 4.69) is 15.6 Å². The number of aromatic nitrogens is 1. The lowest BCUT2D eigenvalue weighted by Crippen LogP contribution is -2.28. The van der Waals surface area contributed by atoms with Crippen molar-refractivity contribution in [2.45, 2.75) is 0 Å². The predicted molar refractivity (Wildman–Crippen MR) is 109 cm³/mol. The first-order chi connectivity index (χ1) is 14.1. The van der Waals surface area contributed by atoms with Crippen LogP contribution in [0.25, 0.3) is 0 Å². The number of rotatable bonds is 9. The molecule has 3 aromatic rings. The van der Waals surface area contributed by atoms with Crippen molar-refractivity contribution in [3.63, 3.8) is 0 Å². The Morgan fingerprint density at radius 1 is 1.10 bits per heavy atom. The molecule has 0 saturated carbocycles. The Morgan fingerprint density at radius 3 is 2.59 bits per heavy atom. The molecule has 1 aromatic heterocycles. The zero-order valence-corrected chi connectivity index (χ0v) is 16.7. The first kappa shape index (κ1) is 20.4. The average molecular weight is 417 g/mol. The molecule has 0 radical (unpaired) electrons. The molecule has 0 unspecified atom stereocenters. The van der Waals surface area contributed by atoms with E-state index in [9.17, 15) is 9.18 Å². The fourth-order valence-electron chi connectivity index (χ4n) is 2.41. The van der Waals surface area contributed by atoms with Crippen molar-refractivity contribution in [3.8, 4) is 17.2 Å². The molecule has 2 N–H and O–H groups in total. The average Bonchev–Trinajstić information content (AvgIpc) is 3.21. The summed E-state index contributed by atoms with van der Waals surface area (Å²) in [5, 5.41) is 8.09. The van der Waals surface area contributed by atoms with Gasteiger partial charge in [0.05, 0.1) is 26.5 Å². The third kappa shape index (κ3) is 5.58. The minimum Gasteiger partial charge on any atom is -0.497 e. The normalized spacial score (nSPS) is 10.3. The Balaban J connectivity index is 1.51. The van der Waals surface area contributed by atoms with Gasteiger partial charge in [0.2, 0.25) is 0 Å². The van der Waals surface area contributed by atoms with Gasteiger partial charge in [-0.2, -0.15) is 0 Å². The number of carbonyl (C=O) groups is 1. The van der Waals surface area contributed by atoms with Crippen molar-refractivity contribution in [1.82, 2.24) is 10.3 Å². The molecule has 3 rings (SSSR count). The molecule has 0 aliphatic rings. The van der Waals surface area contributed by atoms with Gasteiger partial charge < -0.3 is 24.8 Å². The SMILES string of the molecule is COc1ccc(Nc2nc(C(=O)NCCOc3ccc(F)cc3)cs2)c(OC)c1. The highest BCUT2D eigenvalue weighted by molar-refractivity contribution is 7.14. The van der Waals surface area contributed by atoms with Crippen LogP contribution in [-0.4, -0.2) is 38.3 Å². The zero-order chi connectivity index (χ0) is 20.6. The van der Waals surface area contributed by atoms with Crippen LogP contribution in [0.2, 0.25) is 0 Å². The molecule has 2 aromatic carbocycles. The van der Waals surface area contributed by atoms with Crippen LogP contribution < -0.4 is 24.8 Å². The van der Waals surface area contributed by atoms with Crippen LogP contribution in [0.15, 0.2) is 47.8 Å². The highest BCUT2D eigenvalue weighted by Crippen LogP contribution is 2.32. The minimum atomic E-state index is -0.328. The van der Waals surface area contributed by atoms with E-state index in [4.69, 9.17) is 14.2 Å². The first-order valence-electron chi connectivity index (χ1n) is 8.70. The summed E-state index contributed by atoms with van der Waals surface area (Å²) in [7, 11) is 3.15. The minimum absolute atomic E-state index is 0.260. The van der Waals surface area contributed by atoms with Crippen LogP contribution in [0.3, 0.4) is 0 Å². The summed E-state index contributed by atoms with van der Waals surface area (Å²) >= 11 is 1.30. The van der Waals surface area contributed by atoms with Crippen molar-refractivity contribution >= 4 is 28.1 Å². The molecule has 1 amide bonds. The summed E-state index contributed by atoms with van der Waals surface area (Å²) in [5.41, 5.74) is 1.01. The second-order valence-corrected chi connectivity index (χ2v) is 6.65. The highest BCUT2D eigenvalue weighted by atomic mass is 32.1. The van der Waals surface area contributed by atoms with Crippen molar-refractivity contribution in [2.24, 2.45) is 0 Å². The first-order valence-corrected chi connectivity index (χ1v) is 9.58. The van der Waals surface area contributed by atoms with Crippen LogP contribution in [0.5, 0.6) is 17.2 Å². The smallest absolute Gasteiger partial charge is 0.270 e. The molecule has 0 fully saturated rings. The van der Waals surface area contributed by atoms with Crippen LogP contribution in [-0.2, 0) is 0 Å². The summed E-state index contributed by atoms with van der Waals surface area (Å²) in [6, 6.07) is 11.1. The summed E-state index contributed by atoms with van der Waals surface area (Å²) in [4.78, 5) is 16.5. The lowest BCUT2D eigenvalue weighted by molar-refractivity contribution is 0.0943. The van der Waals surface area contributed by atoms with E-state index in [0.29, 0.717) is 40.3 Å². The second-order valence-electron chi connectivity index (χ2n) is 5.79. The summed E-state index contributed by atoms with van der Waals surface area (Å²) < 4.78 is 28.8. The molecule has 9 heteroatoms. The molecule has 152 valence electrons. The second kappa shape index (κ2) is 9.74. The largest absolute Gasteiger partial charge is 0.497 e. The molecular weight excluding hydrogens is 397 g/mol. The van der Waals surface area contributed by atoms with E-state index < -0.39 is 0 Å². The van der Waals surface area contributed by atoms with Crippen LogP contribution in [0, 0.1) is 5.82 Å². The van der Waals surface area contributed by atoms with Gasteiger partial charge in [-0.3, -0.25) is 4.79 Å². The molecule has 0 spiro atoms. The van der Waals surface area contributed by atoms with Crippen molar-refractivity contribution < 1.29 is 23.4 Å². The topological polar surface area (TPSA) is 81.7 Å². The van der Waals surface area contributed by atoms with E-state index in [-0.39, 0.29) is 18.3 Å². The number of carbonyl (C=O) groups excluding carboxylic acids is 1. The van der Waals surface area contributed by atoms with Crippen LogP contribution in [0.1, 0.15) is 10.5 Å². The van der Waals surface area contributed by atoms with E-state index in [1.807, 2.05) is 6.07 Å². The molecule has 0 bridgehead atoms. The maximum absolute atomic E-state index is 12.8. The van der Waals surface area contributed by atoms with Gasteiger partial charge in [0.15, 0.2) is 5.13 Å². The van der Waals surface area contributed by atoms with Gasteiger partial charge in [-0.1, -0.05) is 0 Å². The van der Waals surface area contributed by atoms with Gasteiger partial charge in [0, 0.05) is 11.4 Å². The van der Waals surface area contributed by atoms with Gasteiger partial charge in [-0.25, -0.2) is 9.37 Å². The number of hydrogen-bond donors (Lipinski definition) is 2. The molecule has 7 nitrogen and oxygen atoms in total. The number of anilines is 2. The van der Waals surface area contributed by atoms with E-state index >= 15 is 0 Å². The van der Waals surface area contributed by atoms with Crippen molar-refractivity contribution in [1.29, 1.82) is 0 Å². The molecule has 0 aliphatic heterocycles. The lowest BCUT2D eigenvalue weighted by Gasteiger charge is -2.10. The molecule has 0 aliphatic carbocycles. The Kier molecular flexibility index (Phi) is 6.85. The standard InChI is InChI=1S/C20H20FN3O4S/c1-26-15-7-8-16(18(11-15)27-2)23-20-24-17(12-29-20)19(25)22-9-10-28-14-5-3-13(21)4-6-14/h3-8,11-12H,9-10H2,1-2H3,(H,22,25)(H,23,24). The number of hydrogen-bond acceptors (Lipinski definition) is 7. The van der Waals surface area contributed by atoms with Gasteiger partial charge in [0.1, 0.15) is 35.4 Å². The van der Waals surface area contributed by atoms with Crippen LogP contribution in [0.4, 0.5) is 15.2 Å². The molecule has 0 saturated heterocycles. The van der Waals surface area contributed by atoms with Crippen molar-refractivity contribution in [2.75, 3.05) is 32.7 Å². The fourth-order valence-corrected chi connectivity index (χ4v) is 3.11. The Hall–Kier alpha value is -3.33. The predicted octanol–water partition coefficient (Wildman–Crippen LogP) is 3.85. The third-order valence-corrected chi connectivity index (χ3v) is 4.61. The fraction of sp³-hybridized carbons (Fsp3) is 0.200. The number of halogens is 1. The maximum atomic E-state index is 12.8. The zero-order valence-electron chi connectivity index (χ0n) is 15.9. The van der Waals surface area contributed by atoms with Gasteiger partial charge in [0.25, 0.3) is 5.91 Å². The van der Waals surface area contributed by atoms with E-state index in [1.165, 1.54) is 35.6 Å². The lowest BCUT2D eigenvalue weighted by atomic mass is 10.3. The van der Waals surface area contributed by atoms with Gasteiger partial charge in [-0.15, -0.1) is 11.3 Å². The van der Waals surface area contributed by atoms with E-state index in [0.717, 1.165) is 0 Å².